The Morgan fingerprint density at radius 2 is 1.87 bits per heavy atom. The van der Waals surface area contributed by atoms with Gasteiger partial charge in [-0.3, -0.25) is 0 Å². The SMILES string of the molecule is CC(C)C(CBr)COCCCC(F)(F)F. The third-order valence-corrected chi connectivity index (χ3v) is 3.05. The Morgan fingerprint density at radius 3 is 2.27 bits per heavy atom. The summed E-state index contributed by atoms with van der Waals surface area (Å²) in [5.74, 6) is 0.850. The van der Waals surface area contributed by atoms with Crippen LogP contribution in [0.1, 0.15) is 26.7 Å². The van der Waals surface area contributed by atoms with Crippen molar-refractivity contribution >= 4 is 15.9 Å². The molecule has 1 atom stereocenters. The zero-order valence-corrected chi connectivity index (χ0v) is 10.7. The summed E-state index contributed by atoms with van der Waals surface area (Å²) < 4.78 is 40.5. The van der Waals surface area contributed by atoms with Crippen LogP contribution in [0, 0.1) is 11.8 Å². The molecule has 92 valence electrons. The Hall–Kier alpha value is 0.230. The molecule has 0 aliphatic carbocycles. The maximum Gasteiger partial charge on any atom is 0.389 e. The third-order valence-electron chi connectivity index (χ3n) is 2.22. The van der Waals surface area contributed by atoms with Gasteiger partial charge >= 0.3 is 6.18 Å². The molecule has 15 heavy (non-hydrogen) atoms. The number of halogens is 4. The molecule has 1 unspecified atom stereocenters. The second-order valence-electron chi connectivity index (χ2n) is 3.95. The van der Waals surface area contributed by atoms with E-state index in [1.165, 1.54) is 0 Å². The van der Waals surface area contributed by atoms with Crippen LogP contribution in [0.3, 0.4) is 0 Å². The van der Waals surface area contributed by atoms with Crippen LogP contribution in [-0.4, -0.2) is 24.7 Å². The monoisotopic (exact) mass is 290 g/mol. The predicted molar refractivity (Wildman–Crippen MR) is 58.2 cm³/mol. The van der Waals surface area contributed by atoms with Gasteiger partial charge in [-0.1, -0.05) is 29.8 Å². The first-order chi connectivity index (χ1) is 6.87. The number of ether oxygens (including phenoxy) is 1. The zero-order valence-electron chi connectivity index (χ0n) is 9.11. The molecule has 0 aromatic rings. The predicted octanol–water partition coefficient (Wildman–Crippen LogP) is 4.01. The molecule has 0 saturated heterocycles. The second-order valence-corrected chi connectivity index (χ2v) is 4.60. The van der Waals surface area contributed by atoms with Crippen molar-refractivity contribution in [3.8, 4) is 0 Å². The zero-order chi connectivity index (χ0) is 11.9. The van der Waals surface area contributed by atoms with Gasteiger partial charge < -0.3 is 4.74 Å². The quantitative estimate of drug-likeness (QED) is 0.508. The van der Waals surface area contributed by atoms with Gasteiger partial charge in [0.2, 0.25) is 0 Å². The lowest BCUT2D eigenvalue weighted by Gasteiger charge is -2.18. The van der Waals surface area contributed by atoms with Crippen LogP contribution in [0.2, 0.25) is 0 Å². The first kappa shape index (κ1) is 15.2. The van der Waals surface area contributed by atoms with Crippen molar-refractivity contribution in [1.82, 2.24) is 0 Å². The molecule has 0 aromatic carbocycles. The number of alkyl halides is 4. The summed E-state index contributed by atoms with van der Waals surface area (Å²) in [5.41, 5.74) is 0. The van der Waals surface area contributed by atoms with Crippen molar-refractivity contribution in [2.24, 2.45) is 11.8 Å². The highest BCUT2D eigenvalue weighted by Gasteiger charge is 2.26. The van der Waals surface area contributed by atoms with Crippen LogP contribution in [0.5, 0.6) is 0 Å². The van der Waals surface area contributed by atoms with Crippen LogP contribution in [0.4, 0.5) is 13.2 Å². The fourth-order valence-corrected chi connectivity index (χ4v) is 1.96. The molecule has 0 aliphatic heterocycles. The first-order valence-corrected chi connectivity index (χ1v) is 6.19. The standard InChI is InChI=1S/C10H18BrF3O/c1-8(2)9(6-11)7-15-5-3-4-10(12,13)14/h8-9H,3-7H2,1-2H3. The molecular formula is C10H18BrF3O. The van der Waals surface area contributed by atoms with E-state index in [4.69, 9.17) is 4.74 Å². The highest BCUT2D eigenvalue weighted by Crippen LogP contribution is 2.21. The Labute approximate surface area is 97.5 Å². The van der Waals surface area contributed by atoms with Gasteiger partial charge in [0.05, 0.1) is 6.61 Å². The minimum absolute atomic E-state index is 0.0522. The van der Waals surface area contributed by atoms with E-state index in [0.717, 1.165) is 5.33 Å². The minimum atomic E-state index is -4.06. The van der Waals surface area contributed by atoms with E-state index < -0.39 is 12.6 Å². The van der Waals surface area contributed by atoms with Crippen LogP contribution in [-0.2, 0) is 4.74 Å². The minimum Gasteiger partial charge on any atom is -0.381 e. The van der Waals surface area contributed by atoms with Crippen molar-refractivity contribution < 1.29 is 17.9 Å². The highest BCUT2D eigenvalue weighted by atomic mass is 79.9. The van der Waals surface area contributed by atoms with Crippen LogP contribution in [0.15, 0.2) is 0 Å². The highest BCUT2D eigenvalue weighted by molar-refractivity contribution is 9.09. The molecular weight excluding hydrogens is 273 g/mol. The smallest absolute Gasteiger partial charge is 0.381 e. The second kappa shape index (κ2) is 7.49. The van der Waals surface area contributed by atoms with E-state index in [1.54, 1.807) is 0 Å². The van der Waals surface area contributed by atoms with E-state index in [2.05, 4.69) is 29.8 Å². The van der Waals surface area contributed by atoms with E-state index in [1.807, 2.05) is 0 Å². The van der Waals surface area contributed by atoms with E-state index in [0.29, 0.717) is 18.4 Å². The normalized spacial score (nSPS) is 14.6. The van der Waals surface area contributed by atoms with Gasteiger partial charge in [-0.05, 0) is 18.3 Å². The third kappa shape index (κ3) is 9.18. The fraction of sp³-hybridized carbons (Fsp3) is 1.00. The lowest BCUT2D eigenvalue weighted by atomic mass is 9.99. The largest absolute Gasteiger partial charge is 0.389 e. The van der Waals surface area contributed by atoms with Gasteiger partial charge in [0.25, 0.3) is 0 Å². The Balaban J connectivity index is 3.45. The summed E-state index contributed by atoms with van der Waals surface area (Å²) in [6.45, 7) is 4.87. The molecule has 0 amide bonds. The van der Waals surface area contributed by atoms with Crippen LogP contribution >= 0.6 is 15.9 Å². The molecule has 0 N–H and O–H groups in total. The molecule has 0 aliphatic rings. The fourth-order valence-electron chi connectivity index (χ4n) is 1.02. The van der Waals surface area contributed by atoms with Crippen molar-refractivity contribution in [3.05, 3.63) is 0 Å². The van der Waals surface area contributed by atoms with Crippen molar-refractivity contribution in [2.45, 2.75) is 32.9 Å². The number of hydrogen-bond acceptors (Lipinski definition) is 1. The molecule has 0 fully saturated rings. The Kier molecular flexibility index (Phi) is 7.61. The van der Waals surface area contributed by atoms with Crippen molar-refractivity contribution in [2.75, 3.05) is 18.5 Å². The summed E-state index contributed by atoms with van der Waals surface area (Å²) >= 11 is 3.36. The maximum atomic E-state index is 11.8. The number of rotatable bonds is 7. The molecule has 0 saturated carbocycles. The molecule has 0 bridgehead atoms. The average molecular weight is 291 g/mol. The summed E-state index contributed by atoms with van der Waals surface area (Å²) in [6, 6.07) is 0. The molecule has 1 nitrogen and oxygen atoms in total. The lowest BCUT2D eigenvalue weighted by Crippen LogP contribution is -2.18. The van der Waals surface area contributed by atoms with Crippen molar-refractivity contribution in [3.63, 3.8) is 0 Å². The molecule has 0 aromatic heterocycles. The van der Waals surface area contributed by atoms with Crippen LogP contribution in [0.25, 0.3) is 0 Å². The summed E-state index contributed by atoms with van der Waals surface area (Å²) in [5, 5.41) is 0.823. The van der Waals surface area contributed by atoms with Gasteiger partial charge in [0.15, 0.2) is 0 Å². The van der Waals surface area contributed by atoms with Crippen LogP contribution < -0.4 is 0 Å². The number of hydrogen-bond donors (Lipinski definition) is 0. The lowest BCUT2D eigenvalue weighted by molar-refractivity contribution is -0.138. The maximum absolute atomic E-state index is 11.8. The molecule has 0 rings (SSSR count). The van der Waals surface area contributed by atoms with Gasteiger partial charge in [-0.15, -0.1) is 0 Å². The molecule has 0 spiro atoms. The van der Waals surface area contributed by atoms with E-state index in [9.17, 15) is 13.2 Å². The molecule has 0 radical (unpaired) electrons. The van der Waals surface area contributed by atoms with Gasteiger partial charge in [-0.25, -0.2) is 0 Å². The van der Waals surface area contributed by atoms with Gasteiger partial charge in [-0.2, -0.15) is 13.2 Å². The first-order valence-electron chi connectivity index (χ1n) is 5.07. The molecule has 0 heterocycles. The topological polar surface area (TPSA) is 9.23 Å². The summed E-state index contributed by atoms with van der Waals surface area (Å²) in [6.07, 6.45) is -4.76. The van der Waals surface area contributed by atoms with Gasteiger partial charge in [0.1, 0.15) is 0 Å². The Bertz CT molecular complexity index is 159. The molecule has 5 heteroatoms. The van der Waals surface area contributed by atoms with E-state index >= 15 is 0 Å². The van der Waals surface area contributed by atoms with Crippen molar-refractivity contribution in [1.29, 1.82) is 0 Å². The Morgan fingerprint density at radius 1 is 1.27 bits per heavy atom. The van der Waals surface area contributed by atoms with Gasteiger partial charge in [0, 0.05) is 18.4 Å². The van der Waals surface area contributed by atoms with E-state index in [-0.39, 0.29) is 13.0 Å². The summed E-state index contributed by atoms with van der Waals surface area (Å²) in [4.78, 5) is 0. The summed E-state index contributed by atoms with van der Waals surface area (Å²) in [7, 11) is 0. The average Bonchev–Trinajstić information content (AvgIpc) is 2.08.